The average Bonchev–Trinajstić information content (AvgIpc) is 3.57. The normalized spacial score (nSPS) is 15.4. The molecule has 0 saturated carbocycles. The molecule has 0 amide bonds. The zero-order chi connectivity index (χ0) is 37.7. The van der Waals surface area contributed by atoms with E-state index < -0.39 is 0 Å². The number of nitrogens with zero attached hydrogens (tertiary/aromatic N) is 1. The lowest BCUT2D eigenvalue weighted by atomic mass is 9.55. The minimum absolute atomic E-state index is 0.142. The van der Waals surface area contributed by atoms with Crippen LogP contribution in [0.1, 0.15) is 55.9 Å². The highest BCUT2D eigenvalue weighted by Gasteiger charge is 2.45. The quantitative estimate of drug-likeness (QED) is 0.178. The first-order valence-electron chi connectivity index (χ1n) is 20.0. The van der Waals surface area contributed by atoms with Gasteiger partial charge >= 0.3 is 0 Å². The topological polar surface area (TPSA) is 15.3 Å². The van der Waals surface area contributed by atoms with Crippen molar-refractivity contribution in [3.63, 3.8) is 0 Å². The molecule has 3 heteroatoms. The van der Waals surface area contributed by atoms with E-state index in [1.165, 1.54) is 94.4 Å². The maximum atomic E-state index is 3.93. The van der Waals surface area contributed by atoms with E-state index in [1.807, 2.05) is 0 Å². The fourth-order valence-electron chi connectivity index (χ4n) is 10.1. The zero-order valence-corrected chi connectivity index (χ0v) is 32.3. The number of benzene rings is 8. The van der Waals surface area contributed by atoms with Gasteiger partial charge in [-0.05, 0) is 109 Å². The van der Waals surface area contributed by atoms with Crippen LogP contribution in [-0.2, 0) is 5.41 Å². The molecule has 1 aliphatic carbocycles. The predicted molar refractivity (Wildman–Crippen MR) is 238 cm³/mol. The summed E-state index contributed by atoms with van der Waals surface area (Å²) in [7, 11) is 2.50. The Kier molecular flexibility index (Phi) is 7.29. The molecule has 3 aliphatic rings. The van der Waals surface area contributed by atoms with E-state index >= 15 is 0 Å². The summed E-state index contributed by atoms with van der Waals surface area (Å²) < 4.78 is 0. The van der Waals surface area contributed by atoms with Crippen LogP contribution in [0.3, 0.4) is 0 Å². The van der Waals surface area contributed by atoms with E-state index in [-0.39, 0.29) is 11.3 Å². The van der Waals surface area contributed by atoms with Gasteiger partial charge in [0.2, 0.25) is 0 Å². The number of para-hydroxylation sites is 2. The molecule has 1 atom stereocenters. The first-order valence-corrected chi connectivity index (χ1v) is 20.0. The Labute approximate surface area is 330 Å². The van der Waals surface area contributed by atoms with Crippen molar-refractivity contribution in [3.05, 3.63) is 186 Å². The highest BCUT2D eigenvalue weighted by atomic mass is 15.2. The first-order chi connectivity index (χ1) is 27.4. The van der Waals surface area contributed by atoms with E-state index in [0.29, 0.717) is 5.92 Å². The summed E-state index contributed by atoms with van der Waals surface area (Å²) >= 11 is 0. The van der Waals surface area contributed by atoms with E-state index in [1.54, 1.807) is 0 Å². The Morgan fingerprint density at radius 2 is 1.25 bits per heavy atom. The third-order valence-corrected chi connectivity index (χ3v) is 12.7. The summed E-state index contributed by atoms with van der Waals surface area (Å²) in [6.45, 7) is 9.57. The zero-order valence-electron chi connectivity index (χ0n) is 32.3. The molecule has 8 aromatic carbocycles. The van der Waals surface area contributed by atoms with Crippen molar-refractivity contribution in [2.45, 2.75) is 39.0 Å². The van der Waals surface area contributed by atoms with Crippen molar-refractivity contribution in [2.24, 2.45) is 5.92 Å². The predicted octanol–water partition coefficient (Wildman–Crippen LogP) is 12.8. The van der Waals surface area contributed by atoms with Gasteiger partial charge in [-0.15, -0.1) is 0 Å². The number of fused-ring (bicyclic) bond motifs is 9. The Hall–Kier alpha value is -6.32. The van der Waals surface area contributed by atoms with Gasteiger partial charge in [-0.3, -0.25) is 0 Å². The van der Waals surface area contributed by atoms with Crippen LogP contribution in [0.5, 0.6) is 0 Å². The Bertz CT molecular complexity index is 2870. The van der Waals surface area contributed by atoms with Crippen molar-refractivity contribution in [3.8, 4) is 33.4 Å². The summed E-state index contributed by atoms with van der Waals surface area (Å²) in [6.07, 6.45) is 0. The summed E-state index contributed by atoms with van der Waals surface area (Å²) in [6, 6.07) is 60.7. The van der Waals surface area contributed by atoms with Crippen LogP contribution in [0, 0.1) is 5.92 Å². The SMILES string of the molecule is CC(C)C1c2ccccc2-c2cc(-c3cc4ccccc4cc3Nc3ccc(-c4ccccc4)cc3)c3c(c21)N1c2ccccc2C(C)(C)c2cccc(c21)[B]3. The van der Waals surface area contributed by atoms with Crippen molar-refractivity contribution in [2.75, 3.05) is 10.2 Å². The fraction of sp³-hybridized carbons (Fsp3) is 0.132. The van der Waals surface area contributed by atoms with Crippen LogP contribution in [-0.4, -0.2) is 7.28 Å². The highest BCUT2D eigenvalue weighted by molar-refractivity contribution is 6.73. The lowest BCUT2D eigenvalue weighted by molar-refractivity contribution is 0.573. The Balaban J connectivity index is 1.20. The molecule has 2 nitrogen and oxygen atoms in total. The van der Waals surface area contributed by atoms with Gasteiger partial charge in [0.1, 0.15) is 0 Å². The van der Waals surface area contributed by atoms with Gasteiger partial charge in [0.15, 0.2) is 7.28 Å². The third-order valence-electron chi connectivity index (χ3n) is 12.7. The fourth-order valence-corrected chi connectivity index (χ4v) is 10.1. The van der Waals surface area contributed by atoms with E-state index in [4.69, 9.17) is 0 Å². The van der Waals surface area contributed by atoms with Crippen molar-refractivity contribution < 1.29 is 0 Å². The van der Waals surface area contributed by atoms with Gasteiger partial charge in [0.05, 0.1) is 5.69 Å². The van der Waals surface area contributed by atoms with Crippen LogP contribution in [0.25, 0.3) is 44.2 Å². The van der Waals surface area contributed by atoms with Gasteiger partial charge in [0, 0.05) is 39.6 Å². The van der Waals surface area contributed by atoms with Crippen LogP contribution >= 0.6 is 0 Å². The molecule has 0 bridgehead atoms. The molecule has 0 aromatic heterocycles. The van der Waals surface area contributed by atoms with Crippen LogP contribution in [0.15, 0.2) is 164 Å². The molecule has 1 N–H and O–H groups in total. The van der Waals surface area contributed by atoms with Gasteiger partial charge in [-0.2, -0.15) is 0 Å². The van der Waals surface area contributed by atoms with Gasteiger partial charge in [0.25, 0.3) is 0 Å². The summed E-state index contributed by atoms with van der Waals surface area (Å²) in [5, 5.41) is 6.37. The number of rotatable bonds is 5. The molecule has 1 radical (unpaired) electrons. The maximum absolute atomic E-state index is 3.93. The van der Waals surface area contributed by atoms with E-state index in [2.05, 4.69) is 209 Å². The summed E-state index contributed by atoms with van der Waals surface area (Å²) in [4.78, 5) is 2.65. The Morgan fingerprint density at radius 1 is 0.571 bits per heavy atom. The standard InChI is InChI=1S/C53H42BN2/c1-32(2)48-39-20-11-10-19-38(39)41-31-42(50-52(49(41)48)56-47-24-13-12-21-43(47)53(3,4)44-22-14-23-45(54-50)51(44)56)40-29-35-17-8-9-18-36(35)30-46(40)55-37-27-25-34(26-28-37)33-15-6-5-7-16-33/h5-32,48,55H,1-4H3. The number of nitrogens with one attached hydrogen (secondary N) is 1. The second-order valence-corrected chi connectivity index (χ2v) is 16.6. The minimum atomic E-state index is -0.142. The highest BCUT2D eigenvalue weighted by Crippen LogP contribution is 2.58. The van der Waals surface area contributed by atoms with Crippen molar-refractivity contribution in [1.29, 1.82) is 0 Å². The summed E-state index contributed by atoms with van der Waals surface area (Å²) in [5.41, 5.74) is 21.6. The molecule has 267 valence electrons. The van der Waals surface area contributed by atoms with Crippen LogP contribution in [0.2, 0.25) is 0 Å². The molecular weight excluding hydrogens is 675 g/mol. The second-order valence-electron chi connectivity index (χ2n) is 16.6. The van der Waals surface area contributed by atoms with Crippen molar-refractivity contribution >= 4 is 57.4 Å². The summed E-state index contributed by atoms with van der Waals surface area (Å²) in [5.74, 6) is 0.683. The number of hydrogen-bond acceptors (Lipinski definition) is 2. The molecular formula is C53H42BN2. The monoisotopic (exact) mass is 717 g/mol. The van der Waals surface area contributed by atoms with Crippen LogP contribution < -0.4 is 21.1 Å². The molecule has 56 heavy (non-hydrogen) atoms. The number of anilines is 5. The van der Waals surface area contributed by atoms with Crippen molar-refractivity contribution in [1.82, 2.24) is 0 Å². The molecule has 0 saturated heterocycles. The smallest absolute Gasteiger partial charge is 0.197 e. The Morgan fingerprint density at radius 3 is 2.05 bits per heavy atom. The van der Waals surface area contributed by atoms with Gasteiger partial charge in [-0.1, -0.05) is 161 Å². The first kappa shape index (κ1) is 33.1. The molecule has 0 spiro atoms. The lowest BCUT2D eigenvalue weighted by Gasteiger charge is -2.47. The van der Waals surface area contributed by atoms with Gasteiger partial charge in [-0.25, -0.2) is 0 Å². The molecule has 0 fully saturated rings. The van der Waals surface area contributed by atoms with E-state index in [9.17, 15) is 0 Å². The second kappa shape index (κ2) is 12.3. The number of hydrogen-bond donors (Lipinski definition) is 1. The molecule has 8 aromatic rings. The molecule has 2 heterocycles. The third kappa shape index (κ3) is 4.83. The average molecular weight is 718 g/mol. The lowest BCUT2D eigenvalue weighted by Crippen LogP contribution is -2.46. The van der Waals surface area contributed by atoms with Gasteiger partial charge < -0.3 is 10.2 Å². The van der Waals surface area contributed by atoms with Crippen LogP contribution in [0.4, 0.5) is 28.4 Å². The maximum Gasteiger partial charge on any atom is 0.197 e. The molecule has 2 aliphatic heterocycles. The molecule has 11 rings (SSSR count). The largest absolute Gasteiger partial charge is 0.355 e. The molecule has 1 unspecified atom stereocenters. The van der Waals surface area contributed by atoms with E-state index in [0.717, 1.165) is 11.4 Å². The minimum Gasteiger partial charge on any atom is -0.355 e.